The fourth-order valence-electron chi connectivity index (χ4n) is 3.90. The van der Waals surface area contributed by atoms with Crippen LogP contribution in [0, 0.1) is 13.8 Å². The van der Waals surface area contributed by atoms with Crippen molar-refractivity contribution in [1.82, 2.24) is 4.98 Å². The fourth-order valence-corrected chi connectivity index (χ4v) is 3.90. The smallest absolute Gasteiger partial charge is 0.439 e. The zero-order valence-corrected chi connectivity index (χ0v) is 23.7. The first-order valence-electron chi connectivity index (χ1n) is 12.8. The summed E-state index contributed by atoms with van der Waals surface area (Å²) in [5.41, 5.74) is 1.08. The highest BCUT2D eigenvalue weighted by atomic mass is 19.4. The molecule has 0 aliphatic heterocycles. The third-order valence-electron chi connectivity index (χ3n) is 5.91. The van der Waals surface area contributed by atoms with Gasteiger partial charge in [-0.25, -0.2) is 4.79 Å². The summed E-state index contributed by atoms with van der Waals surface area (Å²) in [5.74, 6) is -1.42. The van der Waals surface area contributed by atoms with Crippen LogP contribution in [0.15, 0.2) is 54.7 Å². The molecule has 0 saturated carbocycles. The number of hydrogen-bond donors (Lipinski definition) is 1. The minimum absolute atomic E-state index is 0.0288. The number of hydrogen-bond acceptors (Lipinski definition) is 6. The average molecular weight is 572 g/mol. The number of carbonyl (C=O) groups is 3. The zero-order valence-electron chi connectivity index (χ0n) is 23.7. The van der Waals surface area contributed by atoms with Gasteiger partial charge in [0.15, 0.2) is 5.78 Å². The molecule has 2 amide bonds. The van der Waals surface area contributed by atoms with Gasteiger partial charge in [0.25, 0.3) is 0 Å². The van der Waals surface area contributed by atoms with Gasteiger partial charge in [0.05, 0.1) is 30.0 Å². The fraction of sp³-hybridized carbons (Fsp3) is 0.333. The molecule has 41 heavy (non-hydrogen) atoms. The Morgan fingerprint density at radius 2 is 1.71 bits per heavy atom. The molecule has 1 N–H and O–H groups in total. The number of rotatable bonds is 8. The predicted octanol–water partition coefficient (Wildman–Crippen LogP) is 7.29. The lowest BCUT2D eigenvalue weighted by molar-refractivity contribution is -0.137. The van der Waals surface area contributed by atoms with E-state index < -0.39 is 41.5 Å². The molecule has 0 spiro atoms. The highest BCUT2D eigenvalue weighted by Gasteiger charge is 2.33. The Morgan fingerprint density at radius 3 is 2.34 bits per heavy atom. The van der Waals surface area contributed by atoms with Crippen molar-refractivity contribution in [2.24, 2.45) is 0 Å². The Hall–Kier alpha value is -4.25. The van der Waals surface area contributed by atoms with Crippen LogP contribution in [0.4, 0.5) is 29.3 Å². The monoisotopic (exact) mass is 571 g/mol. The van der Waals surface area contributed by atoms with Crippen molar-refractivity contribution < 1.29 is 37.1 Å². The second-order valence-corrected chi connectivity index (χ2v) is 10.2. The highest BCUT2D eigenvalue weighted by Crippen LogP contribution is 2.36. The van der Waals surface area contributed by atoms with Gasteiger partial charge in [0.1, 0.15) is 5.60 Å². The predicted molar refractivity (Wildman–Crippen MR) is 149 cm³/mol. The topological polar surface area (TPSA) is 97.8 Å². The van der Waals surface area contributed by atoms with Gasteiger partial charge in [-0.05, 0) is 88.6 Å². The third kappa shape index (κ3) is 8.14. The average Bonchev–Trinajstić information content (AvgIpc) is 2.87. The minimum atomic E-state index is -4.74. The van der Waals surface area contributed by atoms with E-state index in [0.717, 1.165) is 34.5 Å². The van der Waals surface area contributed by atoms with Crippen LogP contribution in [0.2, 0.25) is 0 Å². The second-order valence-electron chi connectivity index (χ2n) is 10.2. The van der Waals surface area contributed by atoms with Gasteiger partial charge in [0.2, 0.25) is 5.91 Å². The molecule has 11 heteroatoms. The zero-order chi connectivity index (χ0) is 30.5. The summed E-state index contributed by atoms with van der Waals surface area (Å²) in [6, 6.07) is 10.9. The van der Waals surface area contributed by atoms with Gasteiger partial charge in [-0.2, -0.15) is 18.2 Å². The second kappa shape index (κ2) is 12.5. The van der Waals surface area contributed by atoms with Crippen LogP contribution >= 0.6 is 0 Å². The van der Waals surface area contributed by atoms with Gasteiger partial charge in [-0.3, -0.25) is 19.4 Å². The van der Waals surface area contributed by atoms with E-state index in [-0.39, 0.29) is 23.5 Å². The first-order valence-corrected chi connectivity index (χ1v) is 12.8. The molecule has 0 radical (unpaired) electrons. The van der Waals surface area contributed by atoms with E-state index in [1.54, 1.807) is 52.1 Å². The largest absolute Gasteiger partial charge is 0.442 e. The van der Waals surface area contributed by atoms with Crippen molar-refractivity contribution in [2.75, 3.05) is 17.0 Å². The maximum Gasteiger partial charge on any atom is 0.439 e. The van der Waals surface area contributed by atoms with E-state index >= 15 is 0 Å². The lowest BCUT2D eigenvalue weighted by Gasteiger charge is -2.28. The Bertz CT molecular complexity index is 1450. The van der Waals surface area contributed by atoms with Gasteiger partial charge in [-0.15, -0.1) is 0 Å². The number of hydroxylamine groups is 1. The van der Waals surface area contributed by atoms with Gasteiger partial charge >= 0.3 is 12.3 Å². The number of aryl methyl sites for hydroxylation is 1. The molecule has 0 unspecified atom stereocenters. The van der Waals surface area contributed by atoms with Gasteiger partial charge in [0, 0.05) is 17.5 Å². The SMILES string of the molecule is CCON(C(=O)OC(C)(C)C)c1ccc(C(F)(F)F)cc1NC(=O)CC(=O)c1cccc(-c2ccnc(C)c2C)c1. The van der Waals surface area contributed by atoms with Crippen LogP contribution in [0.3, 0.4) is 0 Å². The summed E-state index contributed by atoms with van der Waals surface area (Å²) in [4.78, 5) is 48.4. The molecule has 1 aromatic heterocycles. The molecule has 8 nitrogen and oxygen atoms in total. The van der Waals surface area contributed by atoms with Crippen molar-refractivity contribution >= 4 is 29.2 Å². The van der Waals surface area contributed by atoms with Crippen LogP contribution in [-0.4, -0.2) is 35.0 Å². The maximum atomic E-state index is 13.5. The van der Waals surface area contributed by atoms with E-state index in [2.05, 4.69) is 10.3 Å². The third-order valence-corrected chi connectivity index (χ3v) is 5.91. The number of nitrogens with zero attached hydrogens (tertiary/aromatic N) is 2. The Morgan fingerprint density at radius 1 is 1.00 bits per heavy atom. The first kappa shape index (κ1) is 31.3. The molecule has 3 rings (SSSR count). The number of anilines is 2. The summed E-state index contributed by atoms with van der Waals surface area (Å²) in [5, 5.41) is 3.02. The normalized spacial score (nSPS) is 11.6. The molecule has 2 aromatic carbocycles. The van der Waals surface area contributed by atoms with Crippen molar-refractivity contribution in [1.29, 1.82) is 0 Å². The number of halogens is 3. The highest BCUT2D eigenvalue weighted by molar-refractivity contribution is 6.12. The summed E-state index contributed by atoms with van der Waals surface area (Å²) in [7, 11) is 0. The molecule has 0 saturated heterocycles. The number of carbonyl (C=O) groups excluding carboxylic acids is 3. The number of Topliss-reactive ketones (excluding diaryl/α,β-unsaturated/α-hetero) is 1. The van der Waals surface area contributed by atoms with E-state index in [4.69, 9.17) is 9.57 Å². The molecule has 0 atom stereocenters. The van der Waals surface area contributed by atoms with E-state index in [9.17, 15) is 27.6 Å². The number of pyridine rings is 1. The van der Waals surface area contributed by atoms with Crippen molar-refractivity contribution in [3.8, 4) is 11.1 Å². The van der Waals surface area contributed by atoms with Crippen LogP contribution in [0.1, 0.15) is 61.3 Å². The quantitative estimate of drug-likeness (QED) is 0.173. The number of benzene rings is 2. The number of ether oxygens (including phenoxy) is 1. The molecular weight excluding hydrogens is 539 g/mol. The van der Waals surface area contributed by atoms with Crippen molar-refractivity contribution in [3.63, 3.8) is 0 Å². The molecule has 0 bridgehead atoms. The summed E-state index contributed by atoms with van der Waals surface area (Å²) >= 11 is 0. The van der Waals surface area contributed by atoms with E-state index in [0.29, 0.717) is 11.1 Å². The van der Waals surface area contributed by atoms with Crippen LogP contribution in [-0.2, 0) is 20.5 Å². The summed E-state index contributed by atoms with van der Waals surface area (Å²) < 4.78 is 45.9. The molecule has 0 fully saturated rings. The molecule has 0 aliphatic carbocycles. The Kier molecular flexibility index (Phi) is 9.54. The number of amides is 2. The van der Waals surface area contributed by atoms with Crippen molar-refractivity contribution in [2.45, 2.75) is 59.7 Å². The van der Waals surface area contributed by atoms with Crippen LogP contribution in [0.25, 0.3) is 11.1 Å². The number of alkyl halides is 3. The molecule has 0 aliphatic rings. The number of nitrogens with one attached hydrogen (secondary N) is 1. The van der Waals surface area contributed by atoms with Crippen LogP contribution in [0.5, 0.6) is 0 Å². The molecule has 218 valence electrons. The number of aromatic nitrogens is 1. The Labute approximate surface area is 236 Å². The summed E-state index contributed by atoms with van der Waals surface area (Å²) in [6.45, 7) is 10.2. The molecule has 1 heterocycles. The Balaban J connectivity index is 1.90. The lowest BCUT2D eigenvalue weighted by Crippen LogP contribution is -2.37. The summed E-state index contributed by atoms with van der Waals surface area (Å²) in [6.07, 6.45) is -4.73. The van der Waals surface area contributed by atoms with Crippen LogP contribution < -0.4 is 10.4 Å². The van der Waals surface area contributed by atoms with Crippen molar-refractivity contribution in [3.05, 3.63) is 77.1 Å². The molecule has 3 aromatic rings. The van der Waals surface area contributed by atoms with Gasteiger partial charge < -0.3 is 10.1 Å². The standard InChI is InChI=1S/C30H32F3N3O5/c1-7-40-36(28(39)41-29(4,5)6)25-12-11-22(30(31,32)33)16-24(25)35-27(38)17-26(37)21-10-8-9-20(15-21)23-13-14-34-19(3)18(23)2/h8-16H,7,17H2,1-6H3,(H,35,38). The lowest BCUT2D eigenvalue weighted by atomic mass is 9.97. The maximum absolute atomic E-state index is 13.5. The van der Waals surface area contributed by atoms with E-state index in [1.807, 2.05) is 26.0 Å². The minimum Gasteiger partial charge on any atom is -0.442 e. The van der Waals surface area contributed by atoms with E-state index in [1.165, 1.54) is 0 Å². The molecular formula is C30H32F3N3O5. The number of ketones is 1. The van der Waals surface area contributed by atoms with Gasteiger partial charge in [-0.1, -0.05) is 18.2 Å². The first-order chi connectivity index (χ1) is 19.1.